The van der Waals surface area contributed by atoms with Crippen LogP contribution in [0.25, 0.3) is 11.2 Å². The smallest absolute Gasteiger partial charge is 0.216 e. The van der Waals surface area contributed by atoms with Gasteiger partial charge in [0.25, 0.3) is 0 Å². The molecule has 2 rings (SSSR count). The van der Waals surface area contributed by atoms with E-state index in [-0.39, 0.29) is 11.8 Å². The van der Waals surface area contributed by atoms with Crippen LogP contribution in [0.15, 0.2) is 12.4 Å². The molecule has 0 aromatic carbocycles. The number of aromatic nitrogens is 3. The minimum absolute atomic E-state index is 0.108. The highest BCUT2D eigenvalue weighted by Crippen LogP contribution is 2.26. The summed E-state index contributed by atoms with van der Waals surface area (Å²) in [7, 11) is 1.86. The van der Waals surface area contributed by atoms with Gasteiger partial charge in [-0.05, 0) is 12.0 Å². The zero-order valence-corrected chi connectivity index (χ0v) is 8.52. The first-order chi connectivity index (χ1) is 6.59. The van der Waals surface area contributed by atoms with E-state index in [0.717, 1.165) is 11.1 Å². The van der Waals surface area contributed by atoms with Crippen molar-refractivity contribution in [1.82, 2.24) is 14.5 Å². The summed E-state index contributed by atoms with van der Waals surface area (Å²) in [4.78, 5) is 8.30. The second-order valence-corrected chi connectivity index (χ2v) is 3.75. The Morgan fingerprint density at radius 3 is 2.79 bits per heavy atom. The van der Waals surface area contributed by atoms with E-state index in [2.05, 4.69) is 9.97 Å². The van der Waals surface area contributed by atoms with Crippen LogP contribution in [0, 0.1) is 0 Å². The van der Waals surface area contributed by atoms with E-state index in [4.69, 9.17) is 0 Å². The summed E-state index contributed by atoms with van der Waals surface area (Å²) in [6.45, 7) is 4.04. The van der Waals surface area contributed by atoms with Gasteiger partial charge in [-0.25, -0.2) is 4.98 Å². The molecule has 0 radical (unpaired) electrons. The molecule has 74 valence electrons. The Morgan fingerprint density at radius 1 is 1.43 bits per heavy atom. The van der Waals surface area contributed by atoms with E-state index in [1.54, 1.807) is 10.9 Å². The molecule has 14 heavy (non-hydrogen) atoms. The Labute approximate surface area is 82.2 Å². The molecule has 0 amide bonds. The van der Waals surface area contributed by atoms with E-state index >= 15 is 0 Å². The molecule has 0 bridgehead atoms. The zero-order valence-electron chi connectivity index (χ0n) is 8.52. The van der Waals surface area contributed by atoms with Crippen molar-refractivity contribution in [2.24, 2.45) is 7.05 Å². The highest BCUT2D eigenvalue weighted by molar-refractivity contribution is 5.72. The minimum atomic E-state index is 0.108. The largest absolute Gasteiger partial charge is 0.493 e. The Bertz CT molecular complexity index is 473. The lowest BCUT2D eigenvalue weighted by molar-refractivity contribution is 0.444. The molecule has 0 aliphatic heterocycles. The van der Waals surface area contributed by atoms with Crippen LogP contribution in [0.3, 0.4) is 0 Å². The van der Waals surface area contributed by atoms with Gasteiger partial charge in [0.15, 0.2) is 5.65 Å². The van der Waals surface area contributed by atoms with Gasteiger partial charge in [0.1, 0.15) is 5.52 Å². The number of rotatable bonds is 1. The van der Waals surface area contributed by atoms with E-state index in [1.807, 2.05) is 27.0 Å². The van der Waals surface area contributed by atoms with E-state index in [1.165, 1.54) is 0 Å². The third-order valence-corrected chi connectivity index (χ3v) is 2.32. The third-order valence-electron chi connectivity index (χ3n) is 2.32. The van der Waals surface area contributed by atoms with Gasteiger partial charge in [0.2, 0.25) is 5.88 Å². The molecule has 4 nitrogen and oxygen atoms in total. The van der Waals surface area contributed by atoms with E-state index in [9.17, 15) is 5.11 Å². The number of aromatic hydroxyl groups is 1. The predicted molar refractivity (Wildman–Crippen MR) is 54.3 cm³/mol. The van der Waals surface area contributed by atoms with Crippen molar-refractivity contribution in [3.05, 3.63) is 18.0 Å². The Kier molecular flexibility index (Phi) is 1.91. The molecule has 1 N–H and O–H groups in total. The lowest BCUT2D eigenvalue weighted by Gasteiger charge is -2.06. The zero-order chi connectivity index (χ0) is 10.3. The van der Waals surface area contributed by atoms with Crippen LogP contribution in [0.2, 0.25) is 0 Å². The lowest BCUT2D eigenvalue weighted by atomic mass is 10.1. The fourth-order valence-electron chi connectivity index (χ4n) is 1.48. The highest BCUT2D eigenvalue weighted by atomic mass is 16.3. The predicted octanol–water partition coefficient (Wildman–Crippen LogP) is 1.80. The molecule has 2 aromatic rings. The quantitative estimate of drug-likeness (QED) is 0.747. The van der Waals surface area contributed by atoms with Crippen LogP contribution in [0.5, 0.6) is 5.88 Å². The third kappa shape index (κ3) is 1.23. The fraction of sp³-hybridized carbons (Fsp3) is 0.400. The SMILES string of the molecule is CC(C)c1cc2ncn(C)c2nc1O. The summed E-state index contributed by atoms with van der Waals surface area (Å²) in [5, 5.41) is 9.67. The second-order valence-electron chi connectivity index (χ2n) is 3.75. The number of hydrogen-bond donors (Lipinski definition) is 1. The number of fused-ring (bicyclic) bond motifs is 1. The maximum absolute atomic E-state index is 9.67. The minimum Gasteiger partial charge on any atom is -0.493 e. The van der Waals surface area contributed by atoms with Gasteiger partial charge in [-0.3, -0.25) is 0 Å². The second kappa shape index (κ2) is 2.97. The number of nitrogens with zero attached hydrogens (tertiary/aromatic N) is 3. The van der Waals surface area contributed by atoms with Crippen molar-refractivity contribution in [2.45, 2.75) is 19.8 Å². The average molecular weight is 191 g/mol. The van der Waals surface area contributed by atoms with Gasteiger partial charge in [0.05, 0.1) is 6.33 Å². The van der Waals surface area contributed by atoms with Gasteiger partial charge >= 0.3 is 0 Å². The molecule has 0 saturated heterocycles. The van der Waals surface area contributed by atoms with E-state index < -0.39 is 0 Å². The van der Waals surface area contributed by atoms with Crippen molar-refractivity contribution >= 4 is 11.2 Å². The molecule has 0 aliphatic rings. The van der Waals surface area contributed by atoms with Crippen molar-refractivity contribution in [3.8, 4) is 5.88 Å². The molecule has 0 saturated carbocycles. The standard InChI is InChI=1S/C10H13N3O/c1-6(2)7-4-8-9(12-10(7)14)13(3)5-11-8/h4-6H,1-3H3,(H,12,14). The lowest BCUT2D eigenvalue weighted by Crippen LogP contribution is -1.93. The number of hydrogen-bond acceptors (Lipinski definition) is 3. The van der Waals surface area contributed by atoms with Crippen LogP contribution in [0.1, 0.15) is 25.3 Å². The van der Waals surface area contributed by atoms with Crippen molar-refractivity contribution in [3.63, 3.8) is 0 Å². The molecular formula is C10H13N3O. The highest BCUT2D eigenvalue weighted by Gasteiger charge is 2.11. The summed E-state index contributed by atoms with van der Waals surface area (Å²) in [5.74, 6) is 0.366. The maximum Gasteiger partial charge on any atom is 0.216 e. The Morgan fingerprint density at radius 2 is 2.14 bits per heavy atom. The normalized spacial score (nSPS) is 11.4. The Hall–Kier alpha value is -1.58. The van der Waals surface area contributed by atoms with Gasteiger partial charge in [-0.2, -0.15) is 4.98 Å². The van der Waals surface area contributed by atoms with Crippen LogP contribution >= 0.6 is 0 Å². The molecule has 4 heteroatoms. The summed E-state index contributed by atoms with van der Waals surface area (Å²) in [6, 6.07) is 1.89. The topological polar surface area (TPSA) is 50.9 Å². The van der Waals surface area contributed by atoms with Crippen molar-refractivity contribution in [1.29, 1.82) is 0 Å². The summed E-state index contributed by atoms with van der Waals surface area (Å²) >= 11 is 0. The van der Waals surface area contributed by atoms with Gasteiger partial charge in [-0.1, -0.05) is 13.8 Å². The molecular weight excluding hydrogens is 178 g/mol. The van der Waals surface area contributed by atoms with E-state index in [0.29, 0.717) is 5.65 Å². The van der Waals surface area contributed by atoms with Crippen LogP contribution in [0.4, 0.5) is 0 Å². The first-order valence-corrected chi connectivity index (χ1v) is 4.60. The molecule has 0 fully saturated rings. The number of pyridine rings is 1. The Balaban J connectivity index is 2.72. The molecule has 0 atom stereocenters. The summed E-state index contributed by atoms with van der Waals surface area (Å²) in [5.41, 5.74) is 2.39. The fourth-order valence-corrected chi connectivity index (χ4v) is 1.48. The summed E-state index contributed by atoms with van der Waals surface area (Å²) < 4.78 is 1.79. The molecule has 2 heterocycles. The molecule has 0 unspecified atom stereocenters. The number of aryl methyl sites for hydroxylation is 1. The van der Waals surface area contributed by atoms with Gasteiger partial charge in [-0.15, -0.1) is 0 Å². The van der Waals surface area contributed by atoms with Crippen molar-refractivity contribution < 1.29 is 5.11 Å². The first kappa shape index (κ1) is 8.99. The molecule has 0 aliphatic carbocycles. The molecule has 2 aromatic heterocycles. The monoisotopic (exact) mass is 191 g/mol. The molecule has 0 spiro atoms. The van der Waals surface area contributed by atoms with Crippen LogP contribution in [-0.2, 0) is 7.05 Å². The van der Waals surface area contributed by atoms with Crippen LogP contribution in [-0.4, -0.2) is 19.6 Å². The maximum atomic E-state index is 9.67. The number of imidazole rings is 1. The summed E-state index contributed by atoms with van der Waals surface area (Å²) in [6.07, 6.45) is 1.70. The van der Waals surface area contributed by atoms with Gasteiger partial charge in [0, 0.05) is 12.6 Å². The van der Waals surface area contributed by atoms with Gasteiger partial charge < -0.3 is 9.67 Å². The van der Waals surface area contributed by atoms with Crippen molar-refractivity contribution in [2.75, 3.05) is 0 Å². The average Bonchev–Trinajstić information content (AvgIpc) is 2.46. The first-order valence-electron chi connectivity index (χ1n) is 4.60. The van der Waals surface area contributed by atoms with Crippen LogP contribution < -0.4 is 0 Å².